The molecule has 10 unspecified atom stereocenters. The Balaban J connectivity index is 2.95. The van der Waals surface area contributed by atoms with Crippen LogP contribution >= 0.6 is 0 Å². The van der Waals surface area contributed by atoms with E-state index in [4.69, 9.17) is 0 Å². The van der Waals surface area contributed by atoms with Gasteiger partial charge < -0.3 is 60.7 Å². The van der Waals surface area contributed by atoms with Gasteiger partial charge in [-0.2, -0.15) is 0 Å². The average Bonchev–Trinajstić information content (AvgIpc) is 0.983. The zero-order valence-electron chi connectivity index (χ0n) is 57.8. The lowest BCUT2D eigenvalue weighted by atomic mass is 9.96. The molecule has 1 aromatic carbocycles. The summed E-state index contributed by atoms with van der Waals surface area (Å²) in [6, 6.07) is -5.02. The third kappa shape index (κ3) is 23.8. The minimum atomic E-state index is -1.40. The fourth-order valence-corrected chi connectivity index (χ4v) is 10.6. The summed E-state index contributed by atoms with van der Waals surface area (Å²) in [6.45, 7) is 24.3. The van der Waals surface area contributed by atoms with E-state index < -0.39 is 144 Å². The first-order chi connectivity index (χ1) is 42.4. The Labute approximate surface area is 541 Å². The van der Waals surface area contributed by atoms with Crippen molar-refractivity contribution >= 4 is 70.9 Å². The maximum Gasteiger partial charge on any atom is 0.335 e. The molecule has 0 spiro atoms. The van der Waals surface area contributed by atoms with Crippen molar-refractivity contribution < 1.29 is 62.6 Å². The highest BCUT2D eigenvalue weighted by atomic mass is 16.4. The van der Waals surface area contributed by atoms with Crippen molar-refractivity contribution in [3.05, 3.63) is 60.2 Å². The van der Waals surface area contributed by atoms with E-state index in [9.17, 15) is 57.8 Å². The SMILES string of the molecule is C=CC1NC(=O)C(C)NC(=O)C(C)N(C)C(=O)C(C(C)C)NC(=O)C(CCC(C)C)N(C)C(=O)C(CCc2ccc(C(=O)O)cc2)N(C)C(=O)CNC(=O)C(CC(C)CC=CC)N(C)C(=O)CN(C)C(=O)C(CCC(C)C)N(C)C(=O)C(CCC(C)C)N(C)C1=O. The van der Waals surface area contributed by atoms with E-state index in [0.717, 1.165) is 4.90 Å². The van der Waals surface area contributed by atoms with Crippen LogP contribution < -0.4 is 21.3 Å². The molecule has 1 aliphatic heterocycles. The molecule has 11 amide bonds. The Bertz CT molecular complexity index is 2710. The number of carboxylic acids is 1. The maximum absolute atomic E-state index is 15.1. The quantitative estimate of drug-likeness (QED) is 0.119. The lowest BCUT2D eigenvalue weighted by Crippen LogP contribution is -2.60. The summed E-state index contributed by atoms with van der Waals surface area (Å²) in [4.78, 5) is 180. The monoisotopic (exact) mass is 1280 g/mol. The van der Waals surface area contributed by atoms with E-state index in [-0.39, 0.29) is 67.8 Å². The number of hydrogen-bond acceptors (Lipinski definition) is 12. The van der Waals surface area contributed by atoms with Crippen molar-refractivity contribution in [2.45, 2.75) is 202 Å². The summed E-state index contributed by atoms with van der Waals surface area (Å²) >= 11 is 0. The van der Waals surface area contributed by atoms with Crippen LogP contribution in [0.3, 0.4) is 0 Å². The Kier molecular flexibility index (Phi) is 32.8. The average molecular weight is 1280 g/mol. The predicted octanol–water partition coefficient (Wildman–Crippen LogP) is 4.50. The molecule has 91 heavy (non-hydrogen) atoms. The third-order valence-electron chi connectivity index (χ3n) is 17.2. The Morgan fingerprint density at radius 3 is 1.54 bits per heavy atom. The van der Waals surface area contributed by atoms with Crippen LogP contribution in [0, 0.1) is 29.6 Å². The van der Waals surface area contributed by atoms with Crippen LogP contribution in [0.15, 0.2) is 49.1 Å². The minimum absolute atomic E-state index is 0.0258. The number of benzene rings is 1. The molecule has 1 saturated heterocycles. The Hall–Kier alpha value is -7.66. The summed E-state index contributed by atoms with van der Waals surface area (Å²) in [7, 11) is 9.93. The van der Waals surface area contributed by atoms with Gasteiger partial charge in [0, 0.05) is 49.3 Å². The molecule has 0 aromatic heterocycles. The predicted molar refractivity (Wildman–Crippen MR) is 349 cm³/mol. The van der Waals surface area contributed by atoms with Crippen molar-refractivity contribution in [2.75, 3.05) is 62.4 Å². The van der Waals surface area contributed by atoms with Crippen molar-refractivity contribution in [3.8, 4) is 0 Å². The lowest BCUT2D eigenvalue weighted by molar-refractivity contribution is -0.152. The van der Waals surface area contributed by atoms with Gasteiger partial charge in [-0.25, -0.2) is 4.79 Å². The lowest BCUT2D eigenvalue weighted by Gasteiger charge is -2.37. The Morgan fingerprint density at radius 2 is 1.04 bits per heavy atom. The number of likely N-dealkylation sites (N-methyl/N-ethyl adjacent to an activating group) is 7. The third-order valence-corrected chi connectivity index (χ3v) is 17.2. The van der Waals surface area contributed by atoms with Gasteiger partial charge in [0.2, 0.25) is 65.0 Å². The van der Waals surface area contributed by atoms with E-state index in [1.807, 2.05) is 67.5 Å². The van der Waals surface area contributed by atoms with E-state index in [1.54, 1.807) is 26.0 Å². The number of aryl methyl sites for hydroxylation is 1. The number of nitrogens with one attached hydrogen (secondary N) is 4. The number of carbonyl (C=O) groups excluding carboxylic acids is 11. The van der Waals surface area contributed by atoms with E-state index in [0.29, 0.717) is 31.2 Å². The zero-order chi connectivity index (χ0) is 69.5. The topological polar surface area (TPSA) is 296 Å². The largest absolute Gasteiger partial charge is 0.478 e. The molecular weight excluding hydrogens is 1170 g/mol. The summed E-state index contributed by atoms with van der Waals surface area (Å²) < 4.78 is 0. The van der Waals surface area contributed by atoms with Crippen molar-refractivity contribution in [3.63, 3.8) is 0 Å². The molecule has 1 aromatic rings. The van der Waals surface area contributed by atoms with E-state index in [2.05, 4.69) is 27.8 Å². The van der Waals surface area contributed by atoms with Gasteiger partial charge in [-0.05, 0) is 132 Å². The van der Waals surface area contributed by atoms with Gasteiger partial charge in [0.1, 0.15) is 54.4 Å². The fourth-order valence-electron chi connectivity index (χ4n) is 10.6. The molecule has 0 radical (unpaired) electrons. The van der Waals surface area contributed by atoms with Crippen LogP contribution in [0.4, 0.5) is 0 Å². The molecule has 510 valence electrons. The second-order valence-corrected chi connectivity index (χ2v) is 26.3. The minimum Gasteiger partial charge on any atom is -0.478 e. The smallest absolute Gasteiger partial charge is 0.335 e. The molecule has 5 N–H and O–H groups in total. The number of carbonyl (C=O) groups is 12. The summed E-state index contributed by atoms with van der Waals surface area (Å²) in [6.07, 6.45) is 7.70. The van der Waals surface area contributed by atoms with Crippen LogP contribution in [0.2, 0.25) is 0 Å². The molecular formula is C67H109N11O13. The van der Waals surface area contributed by atoms with Gasteiger partial charge in [-0.15, -0.1) is 6.58 Å². The van der Waals surface area contributed by atoms with Gasteiger partial charge in [0.15, 0.2) is 0 Å². The number of allylic oxidation sites excluding steroid dienone is 2. The van der Waals surface area contributed by atoms with Gasteiger partial charge in [0.05, 0.1) is 18.7 Å². The summed E-state index contributed by atoms with van der Waals surface area (Å²) in [5, 5.41) is 20.4. The number of aromatic carboxylic acids is 1. The highest BCUT2D eigenvalue weighted by molar-refractivity contribution is 5.99. The number of amides is 11. The van der Waals surface area contributed by atoms with Gasteiger partial charge in [-0.3, -0.25) is 52.7 Å². The first-order valence-electron chi connectivity index (χ1n) is 32.0. The Morgan fingerprint density at radius 1 is 0.560 bits per heavy atom. The maximum atomic E-state index is 15.1. The van der Waals surface area contributed by atoms with Gasteiger partial charge in [0.25, 0.3) is 0 Å². The van der Waals surface area contributed by atoms with Crippen molar-refractivity contribution in [2.24, 2.45) is 29.6 Å². The molecule has 2 rings (SSSR count). The first kappa shape index (κ1) is 79.4. The zero-order valence-corrected chi connectivity index (χ0v) is 57.8. The van der Waals surface area contributed by atoms with Crippen molar-refractivity contribution in [1.29, 1.82) is 0 Å². The summed E-state index contributed by atoms with van der Waals surface area (Å²) in [5.41, 5.74) is 0.675. The standard InChI is InChI=1S/C67H109N11O13/c1-21-23-24-44(11)37-54-60(83)68-38-55(79)74(16)52(36-30-47-28-31-48(32-29-47)67(90)91)64(87)76(18)50(33-25-40(3)4)61(84)71-57(43(9)10)66(89)73(15)46(13)59(82)69-45(12)58(81)70-49(22-2)62(85)77(19)53(35-27-42(7)8)65(88)78(20)51(34-26-41(5)6)63(86)72(14)39-56(80)75(54)17/h21-23,28-29,31-32,40-46,49-54,57H,2,24-27,30,33-39H2,1,3-20H3,(H,68,83)(H,69,82)(H,70,81)(H,71,84)(H,90,91). The molecule has 0 aliphatic carbocycles. The van der Waals surface area contributed by atoms with Crippen LogP contribution in [-0.4, -0.2) is 227 Å². The molecule has 1 fully saturated rings. The number of hydrogen-bond donors (Lipinski definition) is 5. The van der Waals surface area contributed by atoms with E-state index in [1.165, 1.54) is 111 Å². The van der Waals surface area contributed by atoms with Crippen LogP contribution in [-0.2, 0) is 59.2 Å². The molecule has 0 saturated carbocycles. The van der Waals surface area contributed by atoms with Crippen LogP contribution in [0.1, 0.15) is 157 Å². The summed E-state index contributed by atoms with van der Waals surface area (Å²) in [5.74, 6) is -9.13. The molecule has 24 heteroatoms. The fraction of sp³-hybridized carbons (Fsp3) is 0.672. The molecule has 24 nitrogen and oxygen atoms in total. The molecule has 10 atom stereocenters. The van der Waals surface area contributed by atoms with Gasteiger partial charge in [-0.1, -0.05) is 92.7 Å². The van der Waals surface area contributed by atoms with Crippen molar-refractivity contribution in [1.82, 2.24) is 55.6 Å². The second kappa shape index (κ2) is 37.6. The van der Waals surface area contributed by atoms with Crippen LogP contribution in [0.25, 0.3) is 0 Å². The second-order valence-electron chi connectivity index (χ2n) is 26.3. The number of carboxylic acid groups (broad SMARTS) is 1. The first-order valence-corrected chi connectivity index (χ1v) is 32.0. The highest BCUT2D eigenvalue weighted by Gasteiger charge is 2.41. The molecule has 1 heterocycles. The number of rotatable bonds is 19. The van der Waals surface area contributed by atoms with E-state index >= 15 is 4.79 Å². The molecule has 0 bridgehead atoms. The van der Waals surface area contributed by atoms with Crippen LogP contribution in [0.5, 0.6) is 0 Å². The highest BCUT2D eigenvalue weighted by Crippen LogP contribution is 2.23. The molecule has 1 aliphatic rings. The number of nitrogens with zero attached hydrogens (tertiary/aromatic N) is 7. The van der Waals surface area contributed by atoms with Gasteiger partial charge >= 0.3 is 5.97 Å². The normalized spacial score (nSPS) is 24.5.